The first-order valence-corrected chi connectivity index (χ1v) is 6.41. The Morgan fingerprint density at radius 3 is 2.33 bits per heavy atom. The fourth-order valence-electron chi connectivity index (χ4n) is 2.64. The summed E-state index contributed by atoms with van der Waals surface area (Å²) in [7, 11) is 1.74. The fraction of sp³-hybridized carbons (Fsp3) is 1.00. The van der Waals surface area contributed by atoms with E-state index in [0.29, 0.717) is 11.8 Å². The van der Waals surface area contributed by atoms with Crippen molar-refractivity contribution in [2.45, 2.75) is 64.6 Å². The smallest absolute Gasteiger partial charge is 0.0860 e. The van der Waals surface area contributed by atoms with Crippen molar-refractivity contribution in [3.05, 3.63) is 0 Å². The van der Waals surface area contributed by atoms with Crippen molar-refractivity contribution in [2.24, 2.45) is 11.8 Å². The first-order valence-electron chi connectivity index (χ1n) is 6.41. The van der Waals surface area contributed by atoms with Crippen molar-refractivity contribution in [3.63, 3.8) is 0 Å². The molecule has 1 rings (SSSR count). The summed E-state index contributed by atoms with van der Waals surface area (Å²) in [6.07, 6.45) is 7.21. The molecule has 0 heterocycles. The van der Waals surface area contributed by atoms with Gasteiger partial charge in [0, 0.05) is 7.11 Å². The zero-order chi connectivity index (χ0) is 11.3. The standard InChI is InChI=1S/C13H26O2/c1-4-10(2)12(14)13(15-3)11-8-6-5-7-9-11/h10-14H,4-9H2,1-3H3. The summed E-state index contributed by atoms with van der Waals surface area (Å²) in [5.74, 6) is 0.921. The molecule has 1 aliphatic rings. The molecule has 0 amide bonds. The van der Waals surface area contributed by atoms with Crippen molar-refractivity contribution < 1.29 is 9.84 Å². The highest BCUT2D eigenvalue weighted by Crippen LogP contribution is 2.31. The van der Waals surface area contributed by atoms with E-state index in [4.69, 9.17) is 4.74 Å². The fourth-order valence-corrected chi connectivity index (χ4v) is 2.64. The second-order valence-electron chi connectivity index (χ2n) is 4.97. The monoisotopic (exact) mass is 214 g/mol. The first kappa shape index (κ1) is 13.0. The number of rotatable bonds is 5. The summed E-state index contributed by atoms with van der Waals surface area (Å²) >= 11 is 0. The Morgan fingerprint density at radius 1 is 1.27 bits per heavy atom. The van der Waals surface area contributed by atoms with Gasteiger partial charge in [0.2, 0.25) is 0 Å². The lowest BCUT2D eigenvalue weighted by molar-refractivity contribution is -0.0754. The van der Waals surface area contributed by atoms with E-state index in [1.165, 1.54) is 32.1 Å². The molecule has 1 N–H and O–H groups in total. The molecule has 15 heavy (non-hydrogen) atoms. The van der Waals surface area contributed by atoms with E-state index < -0.39 is 0 Å². The van der Waals surface area contributed by atoms with Crippen molar-refractivity contribution in [2.75, 3.05) is 7.11 Å². The summed E-state index contributed by atoms with van der Waals surface area (Å²) in [5, 5.41) is 10.2. The maximum atomic E-state index is 10.2. The molecule has 0 bridgehead atoms. The minimum atomic E-state index is -0.289. The van der Waals surface area contributed by atoms with Crippen LogP contribution in [-0.4, -0.2) is 24.4 Å². The molecule has 0 aromatic rings. The van der Waals surface area contributed by atoms with Gasteiger partial charge in [0.1, 0.15) is 0 Å². The van der Waals surface area contributed by atoms with Crippen LogP contribution in [0.5, 0.6) is 0 Å². The first-order chi connectivity index (χ1) is 7.20. The predicted molar refractivity (Wildman–Crippen MR) is 62.8 cm³/mol. The second kappa shape index (κ2) is 6.49. The lowest BCUT2D eigenvalue weighted by Crippen LogP contribution is -2.40. The molecule has 3 unspecified atom stereocenters. The van der Waals surface area contributed by atoms with Crippen LogP contribution < -0.4 is 0 Å². The van der Waals surface area contributed by atoms with Crippen LogP contribution in [0.3, 0.4) is 0 Å². The van der Waals surface area contributed by atoms with Gasteiger partial charge in [-0.1, -0.05) is 39.5 Å². The predicted octanol–water partition coefficient (Wildman–Crippen LogP) is 2.99. The number of hydrogen-bond donors (Lipinski definition) is 1. The van der Waals surface area contributed by atoms with Crippen molar-refractivity contribution in [3.8, 4) is 0 Å². The third kappa shape index (κ3) is 3.46. The Hall–Kier alpha value is -0.0800. The molecule has 1 fully saturated rings. The van der Waals surface area contributed by atoms with Crippen LogP contribution in [-0.2, 0) is 4.74 Å². The molecule has 0 radical (unpaired) electrons. The summed E-state index contributed by atoms with van der Waals surface area (Å²) in [6, 6.07) is 0. The Bertz CT molecular complexity index is 162. The Morgan fingerprint density at radius 2 is 1.87 bits per heavy atom. The van der Waals surface area contributed by atoms with Gasteiger partial charge in [-0.15, -0.1) is 0 Å². The SMILES string of the molecule is CCC(C)C(O)C(OC)C1CCCCC1. The van der Waals surface area contributed by atoms with Gasteiger partial charge in [-0.3, -0.25) is 0 Å². The van der Waals surface area contributed by atoms with E-state index >= 15 is 0 Å². The van der Waals surface area contributed by atoms with Crippen LogP contribution in [0.2, 0.25) is 0 Å². The minimum Gasteiger partial charge on any atom is -0.390 e. The number of aliphatic hydroxyl groups is 1. The molecule has 2 nitrogen and oxygen atoms in total. The van der Waals surface area contributed by atoms with Crippen molar-refractivity contribution >= 4 is 0 Å². The molecule has 2 heteroatoms. The summed E-state index contributed by atoms with van der Waals surface area (Å²) in [5.41, 5.74) is 0. The van der Waals surface area contributed by atoms with Gasteiger partial charge in [-0.2, -0.15) is 0 Å². The number of hydrogen-bond acceptors (Lipinski definition) is 2. The summed E-state index contributed by atoms with van der Waals surface area (Å²) < 4.78 is 5.52. The van der Waals surface area contributed by atoms with E-state index in [1.807, 2.05) is 0 Å². The molecule has 0 aromatic heterocycles. The summed E-state index contributed by atoms with van der Waals surface area (Å²) in [4.78, 5) is 0. The lowest BCUT2D eigenvalue weighted by Gasteiger charge is -2.34. The molecule has 0 aliphatic heterocycles. The number of ether oxygens (including phenoxy) is 1. The highest BCUT2D eigenvalue weighted by atomic mass is 16.5. The van der Waals surface area contributed by atoms with Gasteiger partial charge in [-0.05, 0) is 24.7 Å². The highest BCUT2D eigenvalue weighted by molar-refractivity contribution is 4.82. The maximum Gasteiger partial charge on any atom is 0.0860 e. The molecular weight excluding hydrogens is 188 g/mol. The largest absolute Gasteiger partial charge is 0.390 e. The quantitative estimate of drug-likeness (QED) is 0.762. The van der Waals surface area contributed by atoms with Crippen LogP contribution in [0.1, 0.15) is 52.4 Å². The van der Waals surface area contributed by atoms with Crippen molar-refractivity contribution in [1.82, 2.24) is 0 Å². The molecule has 1 saturated carbocycles. The van der Waals surface area contributed by atoms with Gasteiger partial charge in [-0.25, -0.2) is 0 Å². The zero-order valence-electron chi connectivity index (χ0n) is 10.4. The number of aliphatic hydroxyl groups excluding tert-OH is 1. The van der Waals surface area contributed by atoms with E-state index in [1.54, 1.807) is 7.11 Å². The van der Waals surface area contributed by atoms with Crippen molar-refractivity contribution in [1.29, 1.82) is 0 Å². The Labute approximate surface area is 94.0 Å². The van der Waals surface area contributed by atoms with Crippen LogP contribution >= 0.6 is 0 Å². The zero-order valence-corrected chi connectivity index (χ0v) is 10.4. The average Bonchev–Trinajstić information content (AvgIpc) is 2.30. The molecule has 90 valence electrons. The highest BCUT2D eigenvalue weighted by Gasteiger charge is 2.31. The van der Waals surface area contributed by atoms with E-state index in [9.17, 15) is 5.11 Å². The van der Waals surface area contributed by atoms with Gasteiger partial charge >= 0.3 is 0 Å². The normalized spacial score (nSPS) is 24.8. The molecule has 0 aromatic carbocycles. The average molecular weight is 214 g/mol. The van der Waals surface area contributed by atoms with Gasteiger partial charge in [0.25, 0.3) is 0 Å². The maximum absolute atomic E-state index is 10.2. The minimum absolute atomic E-state index is 0.0558. The van der Waals surface area contributed by atoms with Crippen LogP contribution in [0.4, 0.5) is 0 Å². The Balaban J connectivity index is 2.52. The van der Waals surface area contributed by atoms with E-state index in [2.05, 4.69) is 13.8 Å². The lowest BCUT2D eigenvalue weighted by atomic mass is 9.80. The third-order valence-electron chi connectivity index (χ3n) is 3.95. The van der Waals surface area contributed by atoms with Crippen LogP contribution in [0.15, 0.2) is 0 Å². The van der Waals surface area contributed by atoms with Gasteiger partial charge in [0.05, 0.1) is 12.2 Å². The Kier molecular flexibility index (Phi) is 5.62. The molecular formula is C13H26O2. The van der Waals surface area contributed by atoms with E-state index in [0.717, 1.165) is 6.42 Å². The van der Waals surface area contributed by atoms with Gasteiger partial charge in [0.15, 0.2) is 0 Å². The molecule has 3 atom stereocenters. The van der Waals surface area contributed by atoms with Crippen LogP contribution in [0, 0.1) is 11.8 Å². The van der Waals surface area contributed by atoms with E-state index in [-0.39, 0.29) is 12.2 Å². The molecule has 0 spiro atoms. The third-order valence-corrected chi connectivity index (χ3v) is 3.95. The van der Waals surface area contributed by atoms with Gasteiger partial charge < -0.3 is 9.84 Å². The molecule has 0 saturated heterocycles. The molecule has 1 aliphatic carbocycles. The second-order valence-corrected chi connectivity index (χ2v) is 4.97. The topological polar surface area (TPSA) is 29.5 Å². The summed E-state index contributed by atoms with van der Waals surface area (Å²) in [6.45, 7) is 4.24. The number of methoxy groups -OCH3 is 1. The van der Waals surface area contributed by atoms with Crippen LogP contribution in [0.25, 0.3) is 0 Å².